The van der Waals surface area contributed by atoms with Crippen molar-refractivity contribution in [1.82, 2.24) is 0 Å². The van der Waals surface area contributed by atoms with E-state index in [2.05, 4.69) is 9.78 Å². The molecule has 14 heavy (non-hydrogen) atoms. The Morgan fingerprint density at radius 3 is 2.14 bits per heavy atom. The van der Waals surface area contributed by atoms with Crippen molar-refractivity contribution in [2.45, 2.75) is 32.8 Å². The van der Waals surface area contributed by atoms with Crippen molar-refractivity contribution < 1.29 is 25.0 Å². The average Bonchev–Trinajstić information content (AvgIpc) is 2.18. The minimum absolute atomic E-state index is 0.00783. The Labute approximate surface area is 84.4 Å². The molecule has 0 rings (SSSR count). The molecule has 0 aromatic heterocycles. The number of ether oxygens (including phenoxy) is 1. The van der Waals surface area contributed by atoms with Gasteiger partial charge in [0, 0.05) is 25.7 Å². The summed E-state index contributed by atoms with van der Waals surface area (Å²) >= 11 is 0. The van der Waals surface area contributed by atoms with Crippen LogP contribution in [0.15, 0.2) is 0 Å². The zero-order valence-corrected chi connectivity index (χ0v) is 8.73. The van der Waals surface area contributed by atoms with Gasteiger partial charge in [0.2, 0.25) is 0 Å². The zero-order valence-electron chi connectivity index (χ0n) is 8.73. The molecule has 0 aliphatic carbocycles. The molecule has 0 amide bonds. The van der Waals surface area contributed by atoms with Crippen molar-refractivity contribution in [3.63, 3.8) is 0 Å². The van der Waals surface area contributed by atoms with Crippen LogP contribution in [-0.2, 0) is 14.5 Å². The van der Waals surface area contributed by atoms with Gasteiger partial charge in [0.05, 0.1) is 6.10 Å². The van der Waals surface area contributed by atoms with Gasteiger partial charge < -0.3 is 25.0 Å². The lowest BCUT2D eigenvalue weighted by Gasteiger charge is -2.21. The summed E-state index contributed by atoms with van der Waals surface area (Å²) in [5.41, 5.74) is 0. The summed E-state index contributed by atoms with van der Waals surface area (Å²) in [6.45, 7) is 4.51. The van der Waals surface area contributed by atoms with Crippen LogP contribution >= 0.6 is 0 Å². The van der Waals surface area contributed by atoms with E-state index < -0.39 is 0 Å². The molecular weight excluding hydrogens is 188 g/mol. The summed E-state index contributed by atoms with van der Waals surface area (Å²) in [4.78, 5) is 7.43. The number of hydrogen-bond donors (Lipinski definition) is 0. The van der Waals surface area contributed by atoms with Crippen LogP contribution in [0.25, 0.3) is 0 Å². The summed E-state index contributed by atoms with van der Waals surface area (Å²) in [6.07, 6.45) is 1.76. The summed E-state index contributed by atoms with van der Waals surface area (Å²) in [5.74, 6) is -0.172. The van der Waals surface area contributed by atoms with Crippen molar-refractivity contribution in [2.24, 2.45) is 5.92 Å². The van der Waals surface area contributed by atoms with Gasteiger partial charge in [-0.15, -0.1) is 0 Å². The average molecular weight is 206 g/mol. The third kappa shape index (κ3) is 7.23. The monoisotopic (exact) mass is 206 g/mol. The molecule has 0 fully saturated rings. The summed E-state index contributed by atoms with van der Waals surface area (Å²) < 4.78 is 5.40. The van der Waals surface area contributed by atoms with Crippen LogP contribution in [0.3, 0.4) is 0 Å². The lowest BCUT2D eigenvalue weighted by molar-refractivity contribution is -0.702. The van der Waals surface area contributed by atoms with E-state index in [-0.39, 0.29) is 25.2 Å². The fourth-order valence-electron chi connectivity index (χ4n) is 0.961. The highest BCUT2D eigenvalue weighted by Crippen LogP contribution is 2.05. The summed E-state index contributed by atoms with van der Waals surface area (Å²) in [7, 11) is 0. The minimum Gasteiger partial charge on any atom is -0.723 e. The molecule has 0 bridgehead atoms. The first-order valence-corrected chi connectivity index (χ1v) is 4.85. The second kappa shape index (κ2) is 9.36. The molecule has 5 nitrogen and oxygen atoms in total. The highest BCUT2D eigenvalue weighted by Gasteiger charge is 2.07. The van der Waals surface area contributed by atoms with E-state index in [9.17, 15) is 10.5 Å². The molecule has 0 aromatic rings. The molecule has 0 radical (unpaired) electrons. The Hall–Kier alpha value is -0.200. The number of rotatable bonds is 9. The van der Waals surface area contributed by atoms with E-state index in [4.69, 9.17) is 4.74 Å². The Kier molecular flexibility index (Phi) is 9.23. The van der Waals surface area contributed by atoms with Crippen LogP contribution in [0.4, 0.5) is 0 Å². The highest BCUT2D eigenvalue weighted by atomic mass is 17.1. The van der Waals surface area contributed by atoms with Gasteiger partial charge in [-0.1, -0.05) is 6.92 Å². The first-order valence-electron chi connectivity index (χ1n) is 4.85. The Bertz CT molecular complexity index is 114. The standard InChI is InChI=1S/C9H20O5/c1-3-8(2)12-5-4-9(6-13-10)7-14-11/h8-11H,3-7H2,1-2H3/p-2. The molecule has 0 saturated carbocycles. The Morgan fingerprint density at radius 1 is 1.14 bits per heavy atom. The lowest BCUT2D eigenvalue weighted by Crippen LogP contribution is -2.25. The maximum absolute atomic E-state index is 9.87. The molecule has 0 N–H and O–H groups in total. The van der Waals surface area contributed by atoms with E-state index >= 15 is 0 Å². The summed E-state index contributed by atoms with van der Waals surface area (Å²) in [6, 6.07) is 0. The molecule has 0 aliphatic heterocycles. The van der Waals surface area contributed by atoms with Gasteiger partial charge in [-0.05, 0) is 19.8 Å². The molecular formula is C9H18O5-2. The normalized spacial score (nSPS) is 13.5. The summed E-state index contributed by atoms with van der Waals surface area (Å²) in [5, 5.41) is 19.7. The smallest absolute Gasteiger partial charge is 0.0544 e. The molecule has 0 spiro atoms. The molecule has 0 aliphatic rings. The van der Waals surface area contributed by atoms with Gasteiger partial charge in [0.1, 0.15) is 0 Å². The minimum atomic E-state index is -0.172. The SMILES string of the molecule is CCC(C)OCCC(CO[O-])CO[O-]. The largest absolute Gasteiger partial charge is 0.723 e. The van der Waals surface area contributed by atoms with E-state index in [0.29, 0.717) is 13.0 Å². The molecule has 1 unspecified atom stereocenters. The van der Waals surface area contributed by atoms with Crippen molar-refractivity contribution >= 4 is 0 Å². The van der Waals surface area contributed by atoms with Crippen molar-refractivity contribution in [2.75, 3.05) is 19.8 Å². The van der Waals surface area contributed by atoms with E-state index in [1.165, 1.54) is 0 Å². The lowest BCUT2D eigenvalue weighted by atomic mass is 10.1. The van der Waals surface area contributed by atoms with Crippen molar-refractivity contribution in [1.29, 1.82) is 0 Å². The van der Waals surface area contributed by atoms with Crippen LogP contribution in [0.1, 0.15) is 26.7 Å². The highest BCUT2D eigenvalue weighted by molar-refractivity contribution is 4.56. The first kappa shape index (κ1) is 13.8. The van der Waals surface area contributed by atoms with Crippen LogP contribution in [-0.4, -0.2) is 25.9 Å². The third-order valence-electron chi connectivity index (χ3n) is 2.11. The van der Waals surface area contributed by atoms with Gasteiger partial charge in [0.15, 0.2) is 0 Å². The second-order valence-corrected chi connectivity index (χ2v) is 3.31. The van der Waals surface area contributed by atoms with E-state index in [1.54, 1.807) is 0 Å². The van der Waals surface area contributed by atoms with Crippen molar-refractivity contribution in [3.05, 3.63) is 0 Å². The van der Waals surface area contributed by atoms with Crippen molar-refractivity contribution in [3.8, 4) is 0 Å². The van der Waals surface area contributed by atoms with Gasteiger partial charge in [0.25, 0.3) is 0 Å². The Balaban J connectivity index is 3.49. The third-order valence-corrected chi connectivity index (χ3v) is 2.11. The fourth-order valence-corrected chi connectivity index (χ4v) is 0.961. The van der Waals surface area contributed by atoms with E-state index in [0.717, 1.165) is 6.42 Å². The second-order valence-electron chi connectivity index (χ2n) is 3.31. The quantitative estimate of drug-likeness (QED) is 0.372. The van der Waals surface area contributed by atoms with Gasteiger partial charge in [-0.3, -0.25) is 0 Å². The van der Waals surface area contributed by atoms with Crippen LogP contribution in [0.2, 0.25) is 0 Å². The fraction of sp³-hybridized carbons (Fsp3) is 1.00. The van der Waals surface area contributed by atoms with Crippen LogP contribution in [0.5, 0.6) is 0 Å². The topological polar surface area (TPSA) is 73.8 Å². The Morgan fingerprint density at radius 2 is 1.71 bits per heavy atom. The van der Waals surface area contributed by atoms with Crippen LogP contribution in [0, 0.1) is 5.92 Å². The molecule has 0 heterocycles. The first-order chi connectivity index (χ1) is 6.74. The van der Waals surface area contributed by atoms with Gasteiger partial charge >= 0.3 is 0 Å². The molecule has 5 heteroatoms. The molecule has 0 aromatic carbocycles. The molecule has 0 saturated heterocycles. The molecule has 1 atom stereocenters. The predicted molar refractivity (Wildman–Crippen MR) is 45.7 cm³/mol. The number of hydrogen-bond acceptors (Lipinski definition) is 5. The van der Waals surface area contributed by atoms with Gasteiger partial charge in [-0.25, -0.2) is 0 Å². The maximum Gasteiger partial charge on any atom is 0.0544 e. The van der Waals surface area contributed by atoms with E-state index in [1.807, 2.05) is 13.8 Å². The van der Waals surface area contributed by atoms with Gasteiger partial charge in [-0.2, -0.15) is 0 Å². The zero-order chi connectivity index (χ0) is 10.8. The maximum atomic E-state index is 9.87. The predicted octanol–water partition coefficient (Wildman–Crippen LogP) is -0.608. The van der Waals surface area contributed by atoms with Crippen LogP contribution < -0.4 is 10.5 Å². The molecule has 86 valence electrons.